The summed E-state index contributed by atoms with van der Waals surface area (Å²) in [5.41, 5.74) is 2.52. The van der Waals surface area contributed by atoms with Gasteiger partial charge < -0.3 is 4.43 Å². The van der Waals surface area contributed by atoms with Crippen LogP contribution in [-0.2, 0) is 10.8 Å². The van der Waals surface area contributed by atoms with Gasteiger partial charge in [-0.15, -0.1) is 0 Å². The van der Waals surface area contributed by atoms with Crippen LogP contribution >= 0.6 is 0 Å². The van der Waals surface area contributed by atoms with Crippen molar-refractivity contribution in [3.05, 3.63) is 29.6 Å². The molecule has 0 aliphatic rings. The number of rotatable bonds is 7. The Morgan fingerprint density at radius 2 is 1.81 bits per heavy atom. The van der Waals surface area contributed by atoms with Crippen molar-refractivity contribution in [1.82, 2.24) is 4.98 Å². The topological polar surface area (TPSA) is 22.1 Å². The predicted octanol–water partition coefficient (Wildman–Crippen LogP) is 5.55. The van der Waals surface area contributed by atoms with Crippen molar-refractivity contribution in [2.45, 2.75) is 77.9 Å². The summed E-state index contributed by atoms with van der Waals surface area (Å²) in [7, 11) is -1.57. The number of aromatic nitrogens is 1. The van der Waals surface area contributed by atoms with Gasteiger partial charge in [0.15, 0.2) is 8.32 Å². The zero-order chi connectivity index (χ0) is 16.1. The van der Waals surface area contributed by atoms with Gasteiger partial charge in [0, 0.05) is 18.5 Å². The Bertz CT molecular complexity index is 418. The van der Waals surface area contributed by atoms with Crippen LogP contribution in [0.15, 0.2) is 18.3 Å². The minimum atomic E-state index is -1.57. The molecule has 0 bridgehead atoms. The monoisotopic (exact) mass is 307 g/mol. The molecule has 0 fully saturated rings. The first-order chi connectivity index (χ1) is 9.63. The van der Waals surface area contributed by atoms with E-state index < -0.39 is 8.32 Å². The second kappa shape index (κ2) is 7.55. The fraction of sp³-hybridized carbons (Fsp3) is 0.722. The zero-order valence-corrected chi connectivity index (χ0v) is 16.0. The van der Waals surface area contributed by atoms with Crippen LogP contribution in [0.2, 0.25) is 18.1 Å². The first kappa shape index (κ1) is 18.4. The lowest BCUT2D eigenvalue weighted by Gasteiger charge is -2.36. The molecule has 0 radical (unpaired) electrons. The van der Waals surface area contributed by atoms with Gasteiger partial charge in [-0.05, 0) is 54.9 Å². The van der Waals surface area contributed by atoms with Crippen LogP contribution in [0.4, 0.5) is 0 Å². The lowest BCUT2D eigenvalue weighted by Crippen LogP contribution is -2.40. The van der Waals surface area contributed by atoms with Crippen molar-refractivity contribution >= 4 is 8.32 Å². The molecule has 120 valence electrons. The van der Waals surface area contributed by atoms with Crippen molar-refractivity contribution in [2.75, 3.05) is 6.61 Å². The molecular weight excluding hydrogens is 274 g/mol. The SMILES string of the molecule is CC(C)c1ccc(CCCCO[Si](C)(C)C(C)(C)C)cn1. The van der Waals surface area contributed by atoms with Crippen LogP contribution in [0.1, 0.15) is 64.6 Å². The normalized spacial score (nSPS) is 13.0. The van der Waals surface area contributed by atoms with E-state index >= 15 is 0 Å². The Morgan fingerprint density at radius 3 is 2.29 bits per heavy atom. The van der Waals surface area contributed by atoms with E-state index in [2.05, 4.69) is 64.8 Å². The molecule has 0 saturated heterocycles. The zero-order valence-electron chi connectivity index (χ0n) is 15.0. The molecule has 0 aliphatic carbocycles. The minimum Gasteiger partial charge on any atom is -0.417 e. The third kappa shape index (κ3) is 5.91. The summed E-state index contributed by atoms with van der Waals surface area (Å²) in [4.78, 5) is 4.52. The molecule has 1 aromatic rings. The molecule has 1 rings (SSSR count). The predicted molar refractivity (Wildman–Crippen MR) is 94.4 cm³/mol. The molecule has 0 spiro atoms. The van der Waals surface area contributed by atoms with E-state index in [1.165, 1.54) is 17.7 Å². The number of unbranched alkanes of at least 4 members (excludes halogenated alkanes) is 1. The summed E-state index contributed by atoms with van der Waals surface area (Å²) in [6.45, 7) is 16.8. The third-order valence-electron chi connectivity index (χ3n) is 4.57. The average Bonchev–Trinajstić information content (AvgIpc) is 2.37. The van der Waals surface area contributed by atoms with Crippen LogP contribution in [0.5, 0.6) is 0 Å². The maximum Gasteiger partial charge on any atom is 0.191 e. The Balaban J connectivity index is 2.29. The Kier molecular flexibility index (Phi) is 6.60. The Hall–Kier alpha value is -0.673. The molecule has 2 nitrogen and oxygen atoms in total. The average molecular weight is 308 g/mol. The van der Waals surface area contributed by atoms with Crippen LogP contribution in [0, 0.1) is 0 Å². The van der Waals surface area contributed by atoms with Crippen molar-refractivity contribution in [3.63, 3.8) is 0 Å². The molecule has 0 aliphatic heterocycles. The van der Waals surface area contributed by atoms with Crippen molar-refractivity contribution in [3.8, 4) is 0 Å². The molecular formula is C18H33NOSi. The van der Waals surface area contributed by atoms with Gasteiger partial charge in [-0.25, -0.2) is 0 Å². The van der Waals surface area contributed by atoms with Gasteiger partial charge >= 0.3 is 0 Å². The van der Waals surface area contributed by atoms with Gasteiger partial charge in [0.2, 0.25) is 0 Å². The highest BCUT2D eigenvalue weighted by Gasteiger charge is 2.36. The second-order valence-electron chi connectivity index (χ2n) is 7.81. The summed E-state index contributed by atoms with van der Waals surface area (Å²) >= 11 is 0. The lowest BCUT2D eigenvalue weighted by atomic mass is 10.1. The van der Waals surface area contributed by atoms with E-state index in [9.17, 15) is 0 Å². The van der Waals surface area contributed by atoms with E-state index in [0.29, 0.717) is 11.0 Å². The van der Waals surface area contributed by atoms with Crippen LogP contribution < -0.4 is 0 Å². The second-order valence-corrected chi connectivity index (χ2v) is 12.6. The van der Waals surface area contributed by atoms with Gasteiger partial charge in [-0.2, -0.15) is 0 Å². The summed E-state index contributed by atoms with van der Waals surface area (Å²) in [6.07, 6.45) is 5.45. The highest BCUT2D eigenvalue weighted by Crippen LogP contribution is 2.36. The van der Waals surface area contributed by atoms with E-state index in [-0.39, 0.29) is 0 Å². The molecule has 3 heteroatoms. The molecule has 0 N–H and O–H groups in total. The van der Waals surface area contributed by atoms with Crippen LogP contribution in [0.25, 0.3) is 0 Å². The maximum atomic E-state index is 6.21. The van der Waals surface area contributed by atoms with E-state index in [1.54, 1.807) is 0 Å². The van der Waals surface area contributed by atoms with Crippen LogP contribution in [0.3, 0.4) is 0 Å². The number of nitrogens with zero attached hydrogens (tertiary/aromatic N) is 1. The smallest absolute Gasteiger partial charge is 0.191 e. The van der Waals surface area contributed by atoms with Gasteiger partial charge in [-0.1, -0.05) is 40.7 Å². The first-order valence-corrected chi connectivity index (χ1v) is 11.1. The van der Waals surface area contributed by atoms with Crippen LogP contribution in [-0.4, -0.2) is 19.9 Å². The summed E-state index contributed by atoms with van der Waals surface area (Å²) in [5.74, 6) is 0.511. The summed E-state index contributed by atoms with van der Waals surface area (Å²) < 4.78 is 6.21. The molecule has 0 unspecified atom stereocenters. The van der Waals surface area contributed by atoms with Crippen molar-refractivity contribution in [1.29, 1.82) is 0 Å². The fourth-order valence-corrected chi connectivity index (χ4v) is 2.99. The summed E-state index contributed by atoms with van der Waals surface area (Å²) in [6, 6.07) is 4.38. The highest BCUT2D eigenvalue weighted by atomic mass is 28.4. The Labute approximate surface area is 132 Å². The third-order valence-corrected chi connectivity index (χ3v) is 9.11. The molecule has 1 heterocycles. The summed E-state index contributed by atoms with van der Waals surface area (Å²) in [5, 5.41) is 0.309. The Morgan fingerprint density at radius 1 is 1.14 bits per heavy atom. The fourth-order valence-electron chi connectivity index (χ4n) is 1.90. The quantitative estimate of drug-likeness (QED) is 0.486. The van der Waals surface area contributed by atoms with Gasteiger partial charge in [0.05, 0.1) is 0 Å². The molecule has 0 amide bonds. The van der Waals surface area contributed by atoms with Gasteiger partial charge in [0.25, 0.3) is 0 Å². The molecule has 21 heavy (non-hydrogen) atoms. The van der Waals surface area contributed by atoms with E-state index in [4.69, 9.17) is 4.43 Å². The lowest BCUT2D eigenvalue weighted by molar-refractivity contribution is 0.279. The molecule has 0 saturated carbocycles. The molecule has 1 aromatic heterocycles. The number of hydrogen-bond acceptors (Lipinski definition) is 2. The van der Waals surface area contributed by atoms with Gasteiger partial charge in [-0.3, -0.25) is 4.98 Å². The molecule has 0 aromatic carbocycles. The number of aryl methyl sites for hydroxylation is 1. The molecule has 0 atom stereocenters. The van der Waals surface area contributed by atoms with E-state index in [0.717, 1.165) is 19.4 Å². The highest BCUT2D eigenvalue weighted by molar-refractivity contribution is 6.74. The van der Waals surface area contributed by atoms with E-state index in [1.807, 2.05) is 6.20 Å². The number of hydrogen-bond donors (Lipinski definition) is 0. The maximum absolute atomic E-state index is 6.21. The standard InChI is InChI=1S/C18H33NOSi/c1-15(2)17-12-11-16(14-19-17)10-8-9-13-20-21(6,7)18(3,4)5/h11-12,14-15H,8-10,13H2,1-7H3. The first-order valence-electron chi connectivity index (χ1n) is 8.22. The van der Waals surface area contributed by atoms with Crippen molar-refractivity contribution in [2.24, 2.45) is 0 Å². The van der Waals surface area contributed by atoms with Crippen molar-refractivity contribution < 1.29 is 4.43 Å². The largest absolute Gasteiger partial charge is 0.417 e. The number of pyridine rings is 1. The van der Waals surface area contributed by atoms with Gasteiger partial charge in [0.1, 0.15) is 0 Å². The minimum absolute atomic E-state index is 0.309.